The van der Waals surface area contributed by atoms with E-state index in [-0.39, 0.29) is 5.41 Å². The quantitative estimate of drug-likeness (QED) is 0.865. The number of nitrogens with one attached hydrogen (secondary N) is 1. The molecule has 94 valence electrons. The second-order valence-corrected chi connectivity index (χ2v) is 5.25. The van der Waals surface area contributed by atoms with Gasteiger partial charge in [-0.2, -0.15) is 9.97 Å². The third kappa shape index (κ3) is 2.85. The molecule has 0 aromatic carbocycles. The Balaban J connectivity index is 2.24. The average Bonchev–Trinajstić information content (AvgIpc) is 2.22. The van der Waals surface area contributed by atoms with Crippen LogP contribution >= 0.6 is 0 Å². The van der Waals surface area contributed by atoms with Crippen molar-refractivity contribution in [1.29, 1.82) is 0 Å². The Hall–Kier alpha value is -1.36. The lowest BCUT2D eigenvalue weighted by Crippen LogP contribution is -2.40. The van der Waals surface area contributed by atoms with E-state index in [1.165, 1.54) is 0 Å². The number of nitrogens with zero attached hydrogens (tertiary/aromatic N) is 2. The van der Waals surface area contributed by atoms with Gasteiger partial charge in [0.2, 0.25) is 0 Å². The summed E-state index contributed by atoms with van der Waals surface area (Å²) in [6.45, 7) is 7.81. The smallest absolute Gasteiger partial charge is 0.318 e. The van der Waals surface area contributed by atoms with E-state index < -0.39 is 0 Å². The van der Waals surface area contributed by atoms with E-state index in [1.54, 1.807) is 7.11 Å². The highest BCUT2D eigenvalue weighted by Crippen LogP contribution is 2.24. The lowest BCUT2D eigenvalue weighted by Gasteiger charge is -2.28. The Morgan fingerprint density at radius 3 is 2.53 bits per heavy atom. The summed E-state index contributed by atoms with van der Waals surface area (Å²) in [6.07, 6.45) is 0. The van der Waals surface area contributed by atoms with Crippen LogP contribution in [0.4, 0.5) is 5.82 Å². The van der Waals surface area contributed by atoms with Gasteiger partial charge in [-0.3, -0.25) is 0 Å². The molecule has 1 N–H and O–H groups in total. The molecule has 1 aromatic heterocycles. The molecule has 0 atom stereocenters. The van der Waals surface area contributed by atoms with Crippen molar-refractivity contribution in [3.05, 3.63) is 11.8 Å². The molecule has 1 fully saturated rings. The van der Waals surface area contributed by atoms with E-state index in [0.717, 1.165) is 24.7 Å². The maximum Gasteiger partial charge on any atom is 0.318 e. The van der Waals surface area contributed by atoms with Crippen LogP contribution in [0.5, 0.6) is 6.01 Å². The van der Waals surface area contributed by atoms with Crippen LogP contribution in [0.15, 0.2) is 6.07 Å². The molecule has 1 aliphatic rings. The first-order chi connectivity index (χ1) is 7.99. The minimum absolute atomic E-state index is 0.0250. The summed E-state index contributed by atoms with van der Waals surface area (Å²) in [5.41, 5.74) is 0.940. The van der Waals surface area contributed by atoms with Crippen molar-refractivity contribution in [2.24, 2.45) is 0 Å². The molecule has 5 heteroatoms. The summed E-state index contributed by atoms with van der Waals surface area (Å²) in [6, 6.07) is 2.73. The average molecular weight is 237 g/mol. The zero-order chi connectivity index (χ0) is 12.5. The van der Waals surface area contributed by atoms with Crippen molar-refractivity contribution in [3.63, 3.8) is 0 Å². The SMILES string of the molecule is COc1nc(NC2COC2)cc(C(C)(C)C)n1. The van der Waals surface area contributed by atoms with Crippen molar-refractivity contribution in [2.75, 3.05) is 25.6 Å². The van der Waals surface area contributed by atoms with Gasteiger partial charge in [-0.15, -0.1) is 0 Å². The Morgan fingerprint density at radius 1 is 1.35 bits per heavy atom. The monoisotopic (exact) mass is 237 g/mol. The van der Waals surface area contributed by atoms with Crippen LogP contribution in [0.2, 0.25) is 0 Å². The first kappa shape index (κ1) is 12.1. The molecule has 0 amide bonds. The van der Waals surface area contributed by atoms with Crippen molar-refractivity contribution >= 4 is 5.82 Å². The summed E-state index contributed by atoms with van der Waals surface area (Å²) in [5, 5.41) is 3.31. The molecule has 17 heavy (non-hydrogen) atoms. The van der Waals surface area contributed by atoms with Crippen molar-refractivity contribution in [3.8, 4) is 6.01 Å². The number of aromatic nitrogens is 2. The zero-order valence-corrected chi connectivity index (χ0v) is 10.8. The number of anilines is 1. The molecule has 0 spiro atoms. The lowest BCUT2D eigenvalue weighted by atomic mass is 9.92. The van der Waals surface area contributed by atoms with Gasteiger partial charge in [0.25, 0.3) is 0 Å². The molecule has 2 rings (SSSR count). The number of hydrogen-bond donors (Lipinski definition) is 1. The number of methoxy groups -OCH3 is 1. The summed E-state index contributed by atoms with van der Waals surface area (Å²) in [7, 11) is 1.58. The third-order valence-electron chi connectivity index (χ3n) is 2.65. The van der Waals surface area contributed by atoms with Crippen LogP contribution in [0, 0.1) is 0 Å². The van der Waals surface area contributed by atoms with Crippen molar-refractivity contribution in [1.82, 2.24) is 9.97 Å². The third-order valence-corrected chi connectivity index (χ3v) is 2.65. The molecule has 0 saturated carbocycles. The normalized spacial score (nSPS) is 16.5. The highest BCUT2D eigenvalue weighted by Gasteiger charge is 2.22. The summed E-state index contributed by atoms with van der Waals surface area (Å²) < 4.78 is 10.3. The second-order valence-electron chi connectivity index (χ2n) is 5.25. The fourth-order valence-electron chi connectivity index (χ4n) is 1.50. The molecule has 0 aliphatic carbocycles. The highest BCUT2D eigenvalue weighted by molar-refractivity contribution is 5.40. The van der Waals surface area contributed by atoms with Gasteiger partial charge < -0.3 is 14.8 Å². The molecule has 1 aliphatic heterocycles. The van der Waals surface area contributed by atoms with Gasteiger partial charge in [0.1, 0.15) is 5.82 Å². The van der Waals surface area contributed by atoms with Crippen LogP contribution in [-0.2, 0) is 10.2 Å². The van der Waals surface area contributed by atoms with E-state index in [4.69, 9.17) is 9.47 Å². The largest absolute Gasteiger partial charge is 0.467 e. The Labute approximate surface area is 102 Å². The lowest BCUT2D eigenvalue weighted by molar-refractivity contribution is 0.0209. The standard InChI is InChI=1S/C12H19N3O2/c1-12(2,3)9-5-10(13-8-6-17-7-8)15-11(14-9)16-4/h5,8H,6-7H2,1-4H3,(H,13,14,15). The van der Waals surface area contributed by atoms with Crippen LogP contribution in [-0.4, -0.2) is 36.3 Å². The number of ether oxygens (including phenoxy) is 2. The molecule has 2 heterocycles. The van der Waals surface area contributed by atoms with Gasteiger partial charge in [-0.05, 0) is 0 Å². The first-order valence-corrected chi connectivity index (χ1v) is 5.77. The Kier molecular flexibility index (Phi) is 3.19. The maximum atomic E-state index is 5.13. The predicted molar refractivity (Wildman–Crippen MR) is 65.5 cm³/mol. The van der Waals surface area contributed by atoms with Gasteiger partial charge in [0.05, 0.1) is 32.1 Å². The number of hydrogen-bond acceptors (Lipinski definition) is 5. The summed E-state index contributed by atoms with van der Waals surface area (Å²) in [5.74, 6) is 0.801. The minimum Gasteiger partial charge on any atom is -0.467 e. The minimum atomic E-state index is -0.0250. The van der Waals surface area contributed by atoms with Crippen LogP contribution in [0.1, 0.15) is 26.5 Å². The van der Waals surface area contributed by atoms with Crippen LogP contribution in [0.25, 0.3) is 0 Å². The topological polar surface area (TPSA) is 56.3 Å². The summed E-state index contributed by atoms with van der Waals surface area (Å²) in [4.78, 5) is 8.66. The van der Waals surface area contributed by atoms with E-state index in [0.29, 0.717) is 12.1 Å². The Bertz CT molecular complexity index is 397. The van der Waals surface area contributed by atoms with Gasteiger partial charge in [-0.25, -0.2) is 0 Å². The van der Waals surface area contributed by atoms with E-state index in [2.05, 4.69) is 36.1 Å². The van der Waals surface area contributed by atoms with Crippen molar-refractivity contribution in [2.45, 2.75) is 32.2 Å². The fraction of sp³-hybridized carbons (Fsp3) is 0.667. The fourth-order valence-corrected chi connectivity index (χ4v) is 1.50. The van der Waals surface area contributed by atoms with Crippen LogP contribution < -0.4 is 10.1 Å². The first-order valence-electron chi connectivity index (χ1n) is 5.77. The molecule has 1 saturated heterocycles. The number of rotatable bonds is 3. The zero-order valence-electron chi connectivity index (χ0n) is 10.8. The van der Waals surface area contributed by atoms with E-state index in [9.17, 15) is 0 Å². The molecule has 5 nitrogen and oxygen atoms in total. The van der Waals surface area contributed by atoms with E-state index >= 15 is 0 Å². The van der Waals surface area contributed by atoms with Gasteiger partial charge in [0, 0.05) is 11.5 Å². The molecular weight excluding hydrogens is 218 g/mol. The maximum absolute atomic E-state index is 5.13. The second kappa shape index (κ2) is 4.49. The van der Waals surface area contributed by atoms with Crippen molar-refractivity contribution < 1.29 is 9.47 Å². The predicted octanol–water partition coefficient (Wildman–Crippen LogP) is 1.59. The molecule has 0 radical (unpaired) electrons. The summed E-state index contributed by atoms with van der Waals surface area (Å²) >= 11 is 0. The molecule has 1 aromatic rings. The van der Waals surface area contributed by atoms with Gasteiger partial charge >= 0.3 is 6.01 Å². The Morgan fingerprint density at radius 2 is 2.06 bits per heavy atom. The van der Waals surface area contributed by atoms with E-state index in [1.807, 2.05) is 6.07 Å². The highest BCUT2D eigenvalue weighted by atomic mass is 16.5. The van der Waals surface area contributed by atoms with Gasteiger partial charge in [0.15, 0.2) is 0 Å². The van der Waals surface area contributed by atoms with Crippen LogP contribution in [0.3, 0.4) is 0 Å². The van der Waals surface area contributed by atoms with Gasteiger partial charge in [-0.1, -0.05) is 20.8 Å². The molecular formula is C12H19N3O2. The molecule has 0 bridgehead atoms. The molecule has 0 unspecified atom stereocenters.